The van der Waals surface area contributed by atoms with Crippen molar-refractivity contribution in [3.05, 3.63) is 67.1 Å². The number of carbonyl (C=O) groups is 1. The summed E-state index contributed by atoms with van der Waals surface area (Å²) in [6, 6.07) is 11.9. The molecule has 0 spiro atoms. The van der Waals surface area contributed by atoms with E-state index in [1.165, 1.54) is 17.8 Å². The number of para-hydroxylation sites is 1. The first-order valence-electron chi connectivity index (χ1n) is 9.39. The normalized spacial score (nSPS) is 13.2. The van der Waals surface area contributed by atoms with E-state index < -0.39 is 0 Å². The third kappa shape index (κ3) is 2.87. The van der Waals surface area contributed by atoms with Crippen LogP contribution in [0.15, 0.2) is 61.6 Å². The van der Waals surface area contributed by atoms with Crippen molar-refractivity contribution >= 4 is 39.2 Å². The molecule has 29 heavy (non-hydrogen) atoms. The van der Waals surface area contributed by atoms with E-state index in [0.29, 0.717) is 37.0 Å². The number of rotatable bonds is 4. The Morgan fingerprint density at radius 2 is 2.17 bits per heavy atom. The zero-order valence-corrected chi connectivity index (χ0v) is 15.7. The summed E-state index contributed by atoms with van der Waals surface area (Å²) in [5.74, 6) is 1.13. The van der Waals surface area contributed by atoms with Crippen molar-refractivity contribution in [2.24, 2.45) is 0 Å². The second kappa shape index (κ2) is 6.94. The highest BCUT2D eigenvalue weighted by atomic mass is 16.5. The van der Waals surface area contributed by atoms with Crippen LogP contribution in [0.1, 0.15) is 5.56 Å². The molecule has 0 bridgehead atoms. The predicted molar refractivity (Wildman–Crippen MR) is 113 cm³/mol. The molecule has 2 aromatic heterocycles. The molecule has 0 fully saturated rings. The molecule has 0 saturated heterocycles. The molecular weight excluding hydrogens is 366 g/mol. The average Bonchev–Trinajstić information content (AvgIpc) is 3.19. The number of ether oxygens (including phenoxy) is 1. The first-order valence-corrected chi connectivity index (χ1v) is 9.39. The number of fused-ring (bicyclic) bond motifs is 4. The number of nitrogens with zero attached hydrogens (tertiary/aromatic N) is 3. The summed E-state index contributed by atoms with van der Waals surface area (Å²) >= 11 is 0. The van der Waals surface area contributed by atoms with Gasteiger partial charge in [-0.05, 0) is 29.8 Å². The van der Waals surface area contributed by atoms with Gasteiger partial charge in [0.25, 0.3) is 5.91 Å². The maximum Gasteiger partial charge on any atom is 0.250 e. The summed E-state index contributed by atoms with van der Waals surface area (Å²) in [5, 5.41) is 5.35. The van der Waals surface area contributed by atoms with Gasteiger partial charge in [0.2, 0.25) is 0 Å². The number of hydrogen-bond donors (Lipinski definition) is 2. The van der Waals surface area contributed by atoms with Crippen molar-refractivity contribution in [3.8, 4) is 5.75 Å². The van der Waals surface area contributed by atoms with Crippen molar-refractivity contribution in [2.75, 3.05) is 23.4 Å². The van der Waals surface area contributed by atoms with Crippen LogP contribution in [0.4, 0.5) is 11.5 Å². The quantitative estimate of drug-likeness (QED) is 0.524. The molecule has 0 aliphatic carbocycles. The Labute approximate surface area is 167 Å². The molecule has 3 heterocycles. The fourth-order valence-electron chi connectivity index (χ4n) is 3.76. The largest absolute Gasteiger partial charge is 0.489 e. The van der Waals surface area contributed by atoms with Gasteiger partial charge in [-0.1, -0.05) is 24.8 Å². The topological polar surface area (TPSA) is 83.1 Å². The Morgan fingerprint density at radius 3 is 3.07 bits per heavy atom. The van der Waals surface area contributed by atoms with E-state index in [9.17, 15) is 4.79 Å². The van der Waals surface area contributed by atoms with Crippen LogP contribution in [-0.4, -0.2) is 34.0 Å². The Hall–Kier alpha value is -3.87. The average molecular weight is 385 g/mol. The van der Waals surface area contributed by atoms with Crippen LogP contribution in [0, 0.1) is 0 Å². The zero-order chi connectivity index (χ0) is 19.8. The number of aromatic amines is 1. The van der Waals surface area contributed by atoms with Crippen molar-refractivity contribution in [1.29, 1.82) is 0 Å². The van der Waals surface area contributed by atoms with Crippen LogP contribution >= 0.6 is 0 Å². The lowest BCUT2D eigenvalue weighted by atomic mass is 10.1. The zero-order valence-electron chi connectivity index (χ0n) is 15.7. The lowest BCUT2D eigenvalue weighted by molar-refractivity contribution is -0.114. The molecule has 144 valence electrons. The smallest absolute Gasteiger partial charge is 0.250 e. The van der Waals surface area contributed by atoms with Gasteiger partial charge in [0.05, 0.1) is 23.1 Å². The third-order valence-corrected chi connectivity index (χ3v) is 5.15. The minimum absolute atomic E-state index is 0.154. The van der Waals surface area contributed by atoms with E-state index in [0.717, 1.165) is 22.0 Å². The van der Waals surface area contributed by atoms with E-state index in [2.05, 4.69) is 32.9 Å². The van der Waals surface area contributed by atoms with Crippen LogP contribution in [0.25, 0.3) is 21.8 Å². The molecule has 0 unspecified atom stereocenters. The SMILES string of the molecule is C=CC(=O)N1CCOc2c1ccc1ncnc(NCc3c[nH]c4ccccc34)c21. The van der Waals surface area contributed by atoms with Crippen LogP contribution in [0.5, 0.6) is 5.75 Å². The third-order valence-electron chi connectivity index (χ3n) is 5.15. The van der Waals surface area contributed by atoms with Gasteiger partial charge in [0.1, 0.15) is 18.8 Å². The van der Waals surface area contributed by atoms with E-state index in [4.69, 9.17) is 4.74 Å². The first kappa shape index (κ1) is 17.2. The second-order valence-corrected chi connectivity index (χ2v) is 6.79. The predicted octanol–water partition coefficient (Wildman–Crippen LogP) is 3.63. The summed E-state index contributed by atoms with van der Waals surface area (Å²) < 4.78 is 5.96. The van der Waals surface area contributed by atoms with E-state index >= 15 is 0 Å². The van der Waals surface area contributed by atoms with Gasteiger partial charge in [0, 0.05) is 23.6 Å². The summed E-state index contributed by atoms with van der Waals surface area (Å²) in [4.78, 5) is 26.0. The van der Waals surface area contributed by atoms with Gasteiger partial charge >= 0.3 is 0 Å². The number of anilines is 2. The molecule has 0 atom stereocenters. The standard InChI is InChI=1S/C22H19N5O2/c1-2-19(28)27-9-10-29-21-18(27)8-7-17-20(21)22(26-13-25-17)24-12-14-11-23-16-6-4-3-5-15(14)16/h2-8,11,13,23H,1,9-10,12H2,(H,24,25,26). The molecule has 0 saturated carbocycles. The molecule has 1 aliphatic heterocycles. The van der Waals surface area contributed by atoms with Crippen molar-refractivity contribution in [2.45, 2.75) is 6.54 Å². The highest BCUT2D eigenvalue weighted by Crippen LogP contribution is 2.40. The Balaban J connectivity index is 1.56. The second-order valence-electron chi connectivity index (χ2n) is 6.79. The number of aromatic nitrogens is 3. The summed E-state index contributed by atoms with van der Waals surface area (Å²) in [7, 11) is 0. The summed E-state index contributed by atoms with van der Waals surface area (Å²) in [6.07, 6.45) is 4.84. The molecular formula is C22H19N5O2. The number of carbonyl (C=O) groups excluding carboxylic acids is 1. The van der Waals surface area contributed by atoms with E-state index in [1.807, 2.05) is 36.5 Å². The Morgan fingerprint density at radius 1 is 1.28 bits per heavy atom. The van der Waals surface area contributed by atoms with E-state index in [1.54, 1.807) is 4.90 Å². The molecule has 2 N–H and O–H groups in total. The number of benzene rings is 2. The van der Waals surface area contributed by atoms with Crippen molar-refractivity contribution in [3.63, 3.8) is 0 Å². The minimum Gasteiger partial charge on any atom is -0.489 e. The highest BCUT2D eigenvalue weighted by Gasteiger charge is 2.25. The molecule has 7 heteroatoms. The molecule has 1 aliphatic rings. The molecule has 0 radical (unpaired) electrons. The van der Waals surface area contributed by atoms with Crippen LogP contribution in [0.3, 0.4) is 0 Å². The van der Waals surface area contributed by atoms with Crippen LogP contribution in [-0.2, 0) is 11.3 Å². The van der Waals surface area contributed by atoms with Gasteiger partial charge in [-0.25, -0.2) is 9.97 Å². The Bertz CT molecular complexity index is 1250. The lowest BCUT2D eigenvalue weighted by Crippen LogP contribution is -2.36. The maximum atomic E-state index is 12.3. The van der Waals surface area contributed by atoms with Gasteiger partial charge in [-0.2, -0.15) is 0 Å². The molecule has 2 aromatic carbocycles. The number of H-pyrrole nitrogens is 1. The number of hydrogen-bond acceptors (Lipinski definition) is 5. The van der Waals surface area contributed by atoms with Crippen LogP contribution in [0.2, 0.25) is 0 Å². The molecule has 7 nitrogen and oxygen atoms in total. The summed E-state index contributed by atoms with van der Waals surface area (Å²) in [6.45, 7) is 5.08. The van der Waals surface area contributed by atoms with E-state index in [-0.39, 0.29) is 5.91 Å². The van der Waals surface area contributed by atoms with Gasteiger partial charge < -0.3 is 19.9 Å². The maximum absolute atomic E-state index is 12.3. The highest BCUT2D eigenvalue weighted by molar-refractivity contribution is 6.07. The van der Waals surface area contributed by atoms with Gasteiger partial charge in [-0.3, -0.25) is 4.79 Å². The lowest BCUT2D eigenvalue weighted by Gasteiger charge is -2.29. The molecule has 1 amide bonds. The van der Waals surface area contributed by atoms with Gasteiger partial charge in [-0.15, -0.1) is 0 Å². The van der Waals surface area contributed by atoms with Crippen LogP contribution < -0.4 is 15.0 Å². The first-order chi connectivity index (χ1) is 14.3. The molecule has 5 rings (SSSR count). The molecule has 4 aromatic rings. The fraction of sp³-hybridized carbons (Fsp3) is 0.136. The van der Waals surface area contributed by atoms with Crippen molar-refractivity contribution in [1.82, 2.24) is 15.0 Å². The number of nitrogens with one attached hydrogen (secondary N) is 2. The number of amides is 1. The monoisotopic (exact) mass is 385 g/mol. The van der Waals surface area contributed by atoms with Gasteiger partial charge in [0.15, 0.2) is 5.75 Å². The van der Waals surface area contributed by atoms with Crippen molar-refractivity contribution < 1.29 is 9.53 Å². The summed E-state index contributed by atoms with van der Waals surface area (Å²) in [5.41, 5.74) is 3.70. The minimum atomic E-state index is -0.154. The Kier molecular flexibility index (Phi) is 4.13. The fourth-order valence-corrected chi connectivity index (χ4v) is 3.76.